The van der Waals surface area contributed by atoms with E-state index in [2.05, 4.69) is 4.74 Å². The molecule has 0 unspecified atom stereocenters. The molecule has 0 saturated carbocycles. The number of rotatable bonds is 2. The summed E-state index contributed by atoms with van der Waals surface area (Å²) in [4.78, 5) is 20.3. The van der Waals surface area contributed by atoms with Gasteiger partial charge in [0.15, 0.2) is 0 Å². The summed E-state index contributed by atoms with van der Waals surface area (Å²) in [6.45, 7) is 0.849. The van der Waals surface area contributed by atoms with E-state index in [1.54, 1.807) is 0 Å². The van der Waals surface area contributed by atoms with Crippen LogP contribution in [-0.2, 0) is 33.8 Å². The number of aliphatic hydroxyl groups excluding tert-OH is 1. The number of hydrogen-bond donors (Lipinski definition) is 1. The number of hydrogen-bond acceptors (Lipinski definition) is 4. The third-order valence-electron chi connectivity index (χ3n) is 0.573. The molecule has 0 amide bonds. The molecule has 0 saturated heterocycles. The Morgan fingerprint density at radius 3 is 2.30 bits per heavy atom. The van der Waals surface area contributed by atoms with E-state index in [1.165, 1.54) is 0 Å². The van der Waals surface area contributed by atoms with Crippen molar-refractivity contribution in [3.63, 3.8) is 0 Å². The van der Waals surface area contributed by atoms with Gasteiger partial charge in [0.1, 0.15) is 0 Å². The van der Waals surface area contributed by atoms with Gasteiger partial charge in [-0.15, -0.1) is 0 Å². The molecule has 0 bridgehead atoms. The van der Waals surface area contributed by atoms with Gasteiger partial charge in [-0.1, -0.05) is 0 Å². The molecule has 54 valence electrons. The minimum atomic E-state index is -0.690. The van der Waals surface area contributed by atoms with E-state index >= 15 is 0 Å². The zero-order valence-corrected chi connectivity index (χ0v) is 8.76. The summed E-state index contributed by atoms with van der Waals surface area (Å²) in [5.41, 5.74) is 0. The fraction of sp³-hybridized carbons (Fsp3) is 0.600. The molecule has 0 heterocycles. The summed E-state index contributed by atoms with van der Waals surface area (Å²) in [6.07, 6.45) is -0.125. The average Bonchev–Trinajstić information content (AvgIpc) is 1.63. The Bertz CT molecular complexity index is 123. The van der Waals surface area contributed by atoms with E-state index < -0.39 is 11.9 Å². The Balaban J connectivity index is 0. The second-order valence-electron chi connectivity index (χ2n) is 1.44. The van der Waals surface area contributed by atoms with Crippen molar-refractivity contribution in [3.8, 4) is 0 Å². The van der Waals surface area contributed by atoms with Gasteiger partial charge in [-0.05, 0) is 0 Å². The summed E-state index contributed by atoms with van der Waals surface area (Å²) in [7, 11) is 0. The zero-order valence-electron chi connectivity index (χ0n) is 5.79. The maximum Gasteiger partial charge on any atom is 0.315 e. The number of aliphatic hydroxyl groups is 1. The van der Waals surface area contributed by atoms with Gasteiger partial charge in [0.05, 0.1) is 13.0 Å². The van der Waals surface area contributed by atoms with Gasteiger partial charge >= 0.3 is 11.9 Å². The van der Waals surface area contributed by atoms with E-state index in [0.717, 1.165) is 6.92 Å². The van der Waals surface area contributed by atoms with Crippen molar-refractivity contribution in [2.45, 2.75) is 13.3 Å². The van der Waals surface area contributed by atoms with Crippen molar-refractivity contribution < 1.29 is 38.9 Å². The Morgan fingerprint density at radius 1 is 1.50 bits per heavy atom. The van der Waals surface area contributed by atoms with Gasteiger partial charge in [-0.25, -0.2) is 0 Å². The van der Waals surface area contributed by atoms with Crippen molar-refractivity contribution in [1.29, 1.82) is 0 Å². The summed E-state index contributed by atoms with van der Waals surface area (Å²) in [5.74, 6) is -1.33. The van der Waals surface area contributed by atoms with Gasteiger partial charge in [0.2, 0.25) is 0 Å². The molecule has 10 heavy (non-hydrogen) atoms. The van der Waals surface area contributed by atoms with Crippen LogP contribution in [0.15, 0.2) is 0 Å². The first-order chi connectivity index (χ1) is 4.16. The molecule has 0 spiro atoms. The number of carbonyl (C=O) groups is 2. The number of esters is 2. The molecule has 0 radical (unpaired) electrons. The normalized spacial score (nSPS) is 7.80. The molecule has 0 aromatic rings. The smallest absolute Gasteiger partial charge is 0.315 e. The summed E-state index contributed by atoms with van der Waals surface area (Å²) >= 11 is 0. The molecule has 0 fully saturated rings. The van der Waals surface area contributed by atoms with Crippen LogP contribution < -0.4 is 0 Å². The standard InChI is InChI=1S/C5H8O4.Zn/c1-4(7)9-5(8)2-3-6;/h6H,2-3H2,1H3;. The van der Waals surface area contributed by atoms with Crippen molar-refractivity contribution in [2.75, 3.05) is 6.61 Å². The van der Waals surface area contributed by atoms with Crippen LogP contribution in [0.4, 0.5) is 0 Å². The molecule has 4 nitrogen and oxygen atoms in total. The van der Waals surface area contributed by atoms with E-state index in [0.29, 0.717) is 0 Å². The molecule has 0 aliphatic carbocycles. The van der Waals surface area contributed by atoms with E-state index in [-0.39, 0.29) is 32.5 Å². The van der Waals surface area contributed by atoms with Crippen LogP contribution in [0.2, 0.25) is 0 Å². The van der Waals surface area contributed by atoms with E-state index in [9.17, 15) is 9.59 Å². The van der Waals surface area contributed by atoms with Crippen molar-refractivity contribution in [2.24, 2.45) is 0 Å². The molecule has 1 N–H and O–H groups in total. The third kappa shape index (κ3) is 7.72. The third-order valence-corrected chi connectivity index (χ3v) is 0.573. The Morgan fingerprint density at radius 2 is 2.00 bits per heavy atom. The monoisotopic (exact) mass is 196 g/mol. The van der Waals surface area contributed by atoms with Crippen LogP contribution in [0.1, 0.15) is 13.3 Å². The number of carbonyl (C=O) groups excluding carboxylic acids is 2. The van der Waals surface area contributed by atoms with E-state index in [4.69, 9.17) is 5.11 Å². The van der Waals surface area contributed by atoms with Crippen molar-refractivity contribution in [3.05, 3.63) is 0 Å². The maximum atomic E-state index is 10.3. The summed E-state index contributed by atoms with van der Waals surface area (Å²) < 4.78 is 4.05. The first-order valence-corrected chi connectivity index (χ1v) is 2.49. The fourth-order valence-corrected chi connectivity index (χ4v) is 0.303. The maximum absolute atomic E-state index is 10.3. The molecule has 0 aliphatic rings. The van der Waals surface area contributed by atoms with Crippen molar-refractivity contribution in [1.82, 2.24) is 0 Å². The summed E-state index contributed by atoms with van der Waals surface area (Å²) in [5, 5.41) is 8.14. The Kier molecular flexibility index (Phi) is 8.48. The molecule has 0 aromatic heterocycles. The molecular weight excluding hydrogens is 189 g/mol. The predicted octanol–water partition coefficient (Wildman–Crippen LogP) is -0.544. The minimum Gasteiger partial charge on any atom is -0.396 e. The first-order valence-electron chi connectivity index (χ1n) is 2.49. The topological polar surface area (TPSA) is 63.6 Å². The van der Waals surface area contributed by atoms with Gasteiger partial charge in [0.25, 0.3) is 0 Å². The summed E-state index contributed by atoms with van der Waals surface area (Å²) in [6, 6.07) is 0. The Hall–Kier alpha value is -0.277. The molecule has 0 rings (SSSR count). The zero-order chi connectivity index (χ0) is 7.28. The van der Waals surface area contributed by atoms with Gasteiger partial charge in [0, 0.05) is 26.4 Å². The molecule has 0 aliphatic heterocycles. The first kappa shape index (κ1) is 12.4. The number of ether oxygens (including phenoxy) is 1. The molecule has 0 aromatic carbocycles. The largest absolute Gasteiger partial charge is 0.396 e. The van der Waals surface area contributed by atoms with Gasteiger partial charge in [-0.3, -0.25) is 9.59 Å². The second kappa shape index (κ2) is 6.84. The van der Waals surface area contributed by atoms with Gasteiger partial charge < -0.3 is 9.84 Å². The fourth-order valence-electron chi connectivity index (χ4n) is 0.303. The predicted molar refractivity (Wildman–Crippen MR) is 28.5 cm³/mol. The van der Waals surface area contributed by atoms with Crippen molar-refractivity contribution >= 4 is 11.9 Å². The Labute approximate surface area is 71.3 Å². The van der Waals surface area contributed by atoms with Crippen LogP contribution in [0.3, 0.4) is 0 Å². The van der Waals surface area contributed by atoms with Crippen LogP contribution in [0, 0.1) is 0 Å². The van der Waals surface area contributed by atoms with E-state index in [1.807, 2.05) is 0 Å². The molecule has 5 heteroatoms. The molecule has 0 atom stereocenters. The second-order valence-corrected chi connectivity index (χ2v) is 1.44. The van der Waals surface area contributed by atoms with Crippen LogP contribution in [0.5, 0.6) is 0 Å². The van der Waals surface area contributed by atoms with Crippen LogP contribution >= 0.6 is 0 Å². The average molecular weight is 198 g/mol. The minimum absolute atomic E-state index is 0. The SMILES string of the molecule is CC(=O)OC(=O)CCO.[Zn]. The van der Waals surface area contributed by atoms with Crippen LogP contribution in [-0.4, -0.2) is 23.7 Å². The van der Waals surface area contributed by atoms with Gasteiger partial charge in [-0.2, -0.15) is 0 Å². The molecular formula is C5H8O4Zn. The van der Waals surface area contributed by atoms with Crippen LogP contribution in [0.25, 0.3) is 0 Å². The quantitative estimate of drug-likeness (QED) is 0.367.